The molecule has 0 aliphatic rings. The van der Waals surface area contributed by atoms with E-state index in [4.69, 9.17) is 5.26 Å². The molecule has 18 heavy (non-hydrogen) atoms. The summed E-state index contributed by atoms with van der Waals surface area (Å²) in [7, 11) is 0. The highest BCUT2D eigenvalue weighted by molar-refractivity contribution is 5.64. The number of pyridine rings is 1. The van der Waals surface area contributed by atoms with Crippen molar-refractivity contribution >= 4 is 11.4 Å². The lowest BCUT2D eigenvalue weighted by Gasteiger charge is -2.23. The van der Waals surface area contributed by atoms with E-state index in [2.05, 4.69) is 4.98 Å². The molecular weight excluding hydrogens is 229 g/mol. The van der Waals surface area contributed by atoms with Crippen LogP contribution in [0.4, 0.5) is 15.8 Å². The van der Waals surface area contributed by atoms with Crippen LogP contribution in [0.5, 0.6) is 0 Å². The second-order valence-corrected chi connectivity index (χ2v) is 3.71. The number of nitriles is 1. The summed E-state index contributed by atoms with van der Waals surface area (Å²) < 4.78 is 13.8. The first-order valence-electron chi connectivity index (χ1n) is 5.64. The van der Waals surface area contributed by atoms with Crippen LogP contribution >= 0.6 is 0 Å². The Labute approximate surface area is 105 Å². The molecule has 4 heteroatoms. The third-order valence-corrected chi connectivity index (χ3v) is 2.63. The van der Waals surface area contributed by atoms with Gasteiger partial charge in [-0.3, -0.25) is 0 Å². The molecule has 0 amide bonds. The zero-order chi connectivity index (χ0) is 13.0. The van der Waals surface area contributed by atoms with E-state index in [-0.39, 0.29) is 5.82 Å². The highest BCUT2D eigenvalue weighted by Gasteiger charge is 2.11. The minimum Gasteiger partial charge on any atom is -0.339 e. The maximum atomic E-state index is 13.8. The molecule has 0 bridgehead atoms. The van der Waals surface area contributed by atoms with Gasteiger partial charge in [0.05, 0.1) is 5.69 Å². The zero-order valence-electron chi connectivity index (χ0n) is 9.97. The van der Waals surface area contributed by atoms with Gasteiger partial charge in [0.2, 0.25) is 0 Å². The van der Waals surface area contributed by atoms with Crippen LogP contribution in [0, 0.1) is 17.1 Å². The molecule has 0 aliphatic heterocycles. The van der Waals surface area contributed by atoms with Gasteiger partial charge in [-0.15, -0.1) is 0 Å². The van der Waals surface area contributed by atoms with E-state index in [1.54, 1.807) is 41.4 Å². The number of nitrogens with zero attached hydrogens (tertiary/aromatic N) is 3. The maximum Gasteiger partial charge on any atom is 0.146 e. The zero-order valence-corrected chi connectivity index (χ0v) is 9.97. The van der Waals surface area contributed by atoms with Crippen LogP contribution in [-0.2, 0) is 0 Å². The topological polar surface area (TPSA) is 39.9 Å². The lowest BCUT2D eigenvalue weighted by Crippen LogP contribution is -2.17. The lowest BCUT2D eigenvalue weighted by molar-refractivity contribution is 0.625. The van der Waals surface area contributed by atoms with Crippen LogP contribution in [0.2, 0.25) is 0 Å². The summed E-state index contributed by atoms with van der Waals surface area (Å²) in [5.41, 5.74) is 1.58. The first kappa shape index (κ1) is 12.1. The van der Waals surface area contributed by atoms with Crippen LogP contribution in [0.25, 0.3) is 0 Å². The van der Waals surface area contributed by atoms with Crippen LogP contribution in [0.15, 0.2) is 42.6 Å². The molecule has 0 N–H and O–H groups in total. The third-order valence-electron chi connectivity index (χ3n) is 2.63. The van der Waals surface area contributed by atoms with Gasteiger partial charge in [-0.1, -0.05) is 12.1 Å². The first-order chi connectivity index (χ1) is 8.76. The van der Waals surface area contributed by atoms with E-state index < -0.39 is 0 Å². The SMILES string of the molecule is CCN(c1ccnc(C#N)c1)c1ccccc1F. The summed E-state index contributed by atoms with van der Waals surface area (Å²) in [6, 6.07) is 12.0. The Morgan fingerprint density at radius 1 is 1.33 bits per heavy atom. The minimum absolute atomic E-state index is 0.283. The predicted octanol–water partition coefficient (Wildman–Crippen LogP) is 3.25. The molecule has 0 fully saturated rings. The van der Waals surface area contributed by atoms with E-state index in [0.29, 0.717) is 17.9 Å². The number of benzene rings is 1. The van der Waals surface area contributed by atoms with E-state index >= 15 is 0 Å². The summed E-state index contributed by atoms with van der Waals surface area (Å²) in [6.45, 7) is 2.54. The summed E-state index contributed by atoms with van der Waals surface area (Å²) in [5, 5.41) is 8.84. The molecule has 90 valence electrons. The molecule has 1 aromatic heterocycles. The second kappa shape index (κ2) is 5.28. The Balaban J connectivity index is 2.46. The predicted molar refractivity (Wildman–Crippen MR) is 68.0 cm³/mol. The molecule has 0 aliphatic carbocycles. The Morgan fingerprint density at radius 3 is 2.78 bits per heavy atom. The van der Waals surface area contributed by atoms with E-state index in [0.717, 1.165) is 5.69 Å². The molecule has 3 nitrogen and oxygen atoms in total. The Bertz CT molecular complexity index is 590. The number of rotatable bonds is 3. The van der Waals surface area contributed by atoms with E-state index in [1.165, 1.54) is 6.07 Å². The van der Waals surface area contributed by atoms with Gasteiger partial charge in [-0.05, 0) is 31.2 Å². The fourth-order valence-corrected chi connectivity index (χ4v) is 1.81. The molecule has 2 rings (SSSR count). The van der Waals surface area contributed by atoms with Crippen LogP contribution < -0.4 is 4.90 Å². The third kappa shape index (κ3) is 2.30. The quantitative estimate of drug-likeness (QED) is 0.828. The highest BCUT2D eigenvalue weighted by Crippen LogP contribution is 2.27. The van der Waals surface area contributed by atoms with Gasteiger partial charge in [0.15, 0.2) is 0 Å². The molecule has 0 unspecified atom stereocenters. The number of aromatic nitrogens is 1. The van der Waals surface area contributed by atoms with Crippen LogP contribution in [0.3, 0.4) is 0 Å². The number of anilines is 2. The first-order valence-corrected chi connectivity index (χ1v) is 5.64. The number of hydrogen-bond donors (Lipinski definition) is 0. The Kier molecular flexibility index (Phi) is 3.54. The van der Waals surface area contributed by atoms with Crippen molar-refractivity contribution in [3.8, 4) is 6.07 Å². The average Bonchev–Trinajstić information content (AvgIpc) is 2.42. The van der Waals surface area contributed by atoms with Gasteiger partial charge < -0.3 is 4.90 Å². The normalized spacial score (nSPS) is 9.83. The van der Waals surface area contributed by atoms with Gasteiger partial charge in [-0.25, -0.2) is 9.37 Å². The highest BCUT2D eigenvalue weighted by atomic mass is 19.1. The monoisotopic (exact) mass is 241 g/mol. The molecule has 1 aromatic carbocycles. The fourth-order valence-electron chi connectivity index (χ4n) is 1.81. The molecule has 1 heterocycles. The van der Waals surface area contributed by atoms with Crippen molar-refractivity contribution in [3.63, 3.8) is 0 Å². The fraction of sp³-hybridized carbons (Fsp3) is 0.143. The number of para-hydroxylation sites is 1. The Hall–Kier alpha value is -2.41. The molecular formula is C14H12FN3. The smallest absolute Gasteiger partial charge is 0.146 e. The van der Waals surface area contributed by atoms with Crippen molar-refractivity contribution in [2.24, 2.45) is 0 Å². The molecule has 0 atom stereocenters. The number of halogens is 1. The van der Waals surface area contributed by atoms with Crippen molar-refractivity contribution in [1.82, 2.24) is 4.98 Å². The summed E-state index contributed by atoms with van der Waals surface area (Å²) in [4.78, 5) is 5.71. The van der Waals surface area contributed by atoms with Gasteiger partial charge in [-0.2, -0.15) is 5.26 Å². The van der Waals surface area contributed by atoms with Crippen molar-refractivity contribution in [2.45, 2.75) is 6.92 Å². The molecule has 0 radical (unpaired) electrons. The number of hydrogen-bond acceptors (Lipinski definition) is 3. The molecule has 2 aromatic rings. The maximum absolute atomic E-state index is 13.8. The van der Waals surface area contributed by atoms with Gasteiger partial charge in [0, 0.05) is 18.4 Å². The minimum atomic E-state index is -0.283. The van der Waals surface area contributed by atoms with Gasteiger partial charge in [0.1, 0.15) is 17.6 Å². The standard InChI is InChI=1S/C14H12FN3/c1-2-18(14-6-4-3-5-13(14)15)12-7-8-17-11(9-12)10-16/h3-9H,2H2,1H3. The van der Waals surface area contributed by atoms with Crippen molar-refractivity contribution in [2.75, 3.05) is 11.4 Å². The lowest BCUT2D eigenvalue weighted by atomic mass is 10.2. The van der Waals surface area contributed by atoms with Crippen LogP contribution in [-0.4, -0.2) is 11.5 Å². The molecule has 0 saturated heterocycles. The van der Waals surface area contributed by atoms with Crippen LogP contribution in [0.1, 0.15) is 12.6 Å². The van der Waals surface area contributed by atoms with E-state index in [1.807, 2.05) is 13.0 Å². The van der Waals surface area contributed by atoms with Crippen molar-refractivity contribution in [1.29, 1.82) is 5.26 Å². The van der Waals surface area contributed by atoms with E-state index in [9.17, 15) is 4.39 Å². The summed E-state index contributed by atoms with van der Waals surface area (Å²) in [6.07, 6.45) is 1.55. The van der Waals surface area contributed by atoms with Crippen molar-refractivity contribution in [3.05, 3.63) is 54.1 Å². The summed E-state index contributed by atoms with van der Waals surface area (Å²) in [5.74, 6) is -0.283. The largest absolute Gasteiger partial charge is 0.339 e. The van der Waals surface area contributed by atoms with Gasteiger partial charge >= 0.3 is 0 Å². The van der Waals surface area contributed by atoms with Crippen molar-refractivity contribution < 1.29 is 4.39 Å². The average molecular weight is 241 g/mol. The summed E-state index contributed by atoms with van der Waals surface area (Å²) >= 11 is 0. The Morgan fingerprint density at radius 2 is 2.11 bits per heavy atom. The van der Waals surface area contributed by atoms with Gasteiger partial charge in [0.25, 0.3) is 0 Å². The molecule has 0 saturated carbocycles. The second-order valence-electron chi connectivity index (χ2n) is 3.71. The molecule has 0 spiro atoms.